The lowest BCUT2D eigenvalue weighted by Crippen LogP contribution is -2.09. The number of non-ortho nitro benzene ring substituents is 2. The van der Waals surface area contributed by atoms with E-state index >= 15 is 0 Å². The van der Waals surface area contributed by atoms with E-state index in [0.29, 0.717) is 38.9 Å². The highest BCUT2D eigenvalue weighted by Crippen LogP contribution is 2.25. The molecule has 0 spiro atoms. The molecule has 0 atom stereocenters. The van der Waals surface area contributed by atoms with Crippen LogP contribution >= 0.6 is 11.8 Å². The van der Waals surface area contributed by atoms with Gasteiger partial charge in [-0.15, -0.1) is 10.2 Å². The molecule has 6 aromatic rings. The Morgan fingerprint density at radius 2 is 1.63 bits per heavy atom. The van der Waals surface area contributed by atoms with Crippen molar-refractivity contribution in [3.8, 4) is 11.3 Å². The highest BCUT2D eigenvalue weighted by Gasteiger charge is 2.14. The summed E-state index contributed by atoms with van der Waals surface area (Å²) >= 11 is 1.28. The molecule has 14 nitrogen and oxygen atoms in total. The molecule has 0 fully saturated rings. The molecule has 0 saturated carbocycles. The molecule has 0 amide bonds. The molecule has 2 N–H and O–H groups in total. The quantitative estimate of drug-likeness (QED) is 0.0958. The van der Waals surface area contributed by atoms with Crippen molar-refractivity contribution in [3.05, 3.63) is 105 Å². The summed E-state index contributed by atoms with van der Waals surface area (Å²) in [6.07, 6.45) is 1.40. The van der Waals surface area contributed by atoms with Gasteiger partial charge >= 0.3 is 6.01 Å². The van der Waals surface area contributed by atoms with Gasteiger partial charge in [0.1, 0.15) is 17.5 Å². The summed E-state index contributed by atoms with van der Waals surface area (Å²) in [5.41, 5.74) is 7.09. The fraction of sp³-hybridized carbons (Fsp3) is 0.0385. The number of para-hydroxylation sites is 1. The average Bonchev–Trinajstić information content (AvgIpc) is 3.62. The number of aromatic nitrogens is 5. The van der Waals surface area contributed by atoms with Crippen molar-refractivity contribution in [2.24, 2.45) is 5.10 Å². The van der Waals surface area contributed by atoms with Crippen molar-refractivity contribution in [2.45, 2.75) is 5.16 Å². The first-order chi connectivity index (χ1) is 19.9. The van der Waals surface area contributed by atoms with Crippen LogP contribution in [0, 0.1) is 20.2 Å². The fourth-order valence-electron chi connectivity index (χ4n) is 3.98. The second-order valence-corrected chi connectivity index (χ2v) is 9.51. The number of fused-ring (bicyclic) bond motifs is 3. The van der Waals surface area contributed by atoms with Gasteiger partial charge in [-0.3, -0.25) is 20.2 Å². The maximum absolute atomic E-state index is 11.1. The molecule has 6 rings (SSSR count). The van der Waals surface area contributed by atoms with Gasteiger partial charge in [0, 0.05) is 46.5 Å². The minimum absolute atomic E-state index is 0.0340. The minimum Gasteiger partial charge on any atom is -0.430 e. The van der Waals surface area contributed by atoms with E-state index in [9.17, 15) is 20.2 Å². The van der Waals surface area contributed by atoms with Gasteiger partial charge in [0.05, 0.1) is 15.6 Å². The number of nitrogens with one attached hydrogen (secondary N) is 2. The monoisotopic (exact) mass is 567 g/mol. The Kier molecular flexibility index (Phi) is 6.75. The molecule has 0 aliphatic carbocycles. The molecule has 0 radical (unpaired) electrons. The molecule has 202 valence electrons. The third-order valence-corrected chi connectivity index (χ3v) is 6.87. The van der Waals surface area contributed by atoms with E-state index in [4.69, 9.17) is 4.42 Å². The third-order valence-electron chi connectivity index (χ3n) is 6.02. The van der Waals surface area contributed by atoms with E-state index in [1.54, 1.807) is 24.3 Å². The number of thioether (sulfide) groups is 1. The molecular formula is C26H17N9O5S. The zero-order valence-corrected chi connectivity index (χ0v) is 21.6. The van der Waals surface area contributed by atoms with Gasteiger partial charge in [0.25, 0.3) is 11.4 Å². The summed E-state index contributed by atoms with van der Waals surface area (Å²) in [5.74, 6) is 0.286. The number of benzene rings is 3. The second-order valence-electron chi connectivity index (χ2n) is 8.57. The number of H-pyrrole nitrogens is 1. The van der Waals surface area contributed by atoms with Gasteiger partial charge < -0.3 is 9.40 Å². The van der Waals surface area contributed by atoms with Gasteiger partial charge in [0.2, 0.25) is 5.16 Å². The van der Waals surface area contributed by atoms with Gasteiger partial charge in [0.15, 0.2) is 5.65 Å². The zero-order valence-electron chi connectivity index (χ0n) is 20.8. The second kappa shape index (κ2) is 10.8. The Hall–Kier alpha value is -5.70. The van der Waals surface area contributed by atoms with Crippen LogP contribution in [0.5, 0.6) is 0 Å². The molecule has 15 heteroatoms. The van der Waals surface area contributed by atoms with Crippen LogP contribution < -0.4 is 5.43 Å². The molecule has 3 aromatic heterocycles. The van der Waals surface area contributed by atoms with Crippen LogP contribution in [0.3, 0.4) is 0 Å². The number of oxazole rings is 1. The number of aromatic amines is 1. The normalized spacial score (nSPS) is 11.7. The highest BCUT2D eigenvalue weighted by atomic mass is 32.2. The largest absolute Gasteiger partial charge is 0.430 e. The van der Waals surface area contributed by atoms with Gasteiger partial charge in [-0.25, -0.2) is 10.4 Å². The van der Waals surface area contributed by atoms with Crippen molar-refractivity contribution >= 4 is 56.9 Å². The standard InChI is InChI=1S/C26H17N9O5S/c36-34(37)17-9-5-15(6-10-17)21-13-40-25(28-21)32-30-22(16-7-11-18(12-8-16)35(38)39)14-41-26-29-24-23(31-33-26)19-3-1-2-4-20(19)27-24/h1-13H,14H2,(H,28,32)(H,27,29,33)/b30-22-. The number of hydrogen-bond acceptors (Lipinski definition) is 12. The number of anilines is 1. The summed E-state index contributed by atoms with van der Waals surface area (Å²) in [5, 5.41) is 36.4. The Morgan fingerprint density at radius 3 is 2.37 bits per heavy atom. The zero-order chi connectivity index (χ0) is 28.3. The summed E-state index contributed by atoms with van der Waals surface area (Å²) < 4.78 is 5.48. The summed E-state index contributed by atoms with van der Waals surface area (Å²) in [6.45, 7) is 0. The lowest BCUT2D eigenvalue weighted by molar-refractivity contribution is -0.385. The smallest absolute Gasteiger partial charge is 0.316 e. The molecule has 3 heterocycles. The van der Waals surface area contributed by atoms with Crippen LogP contribution in [0.15, 0.2) is 93.7 Å². The van der Waals surface area contributed by atoms with E-state index in [1.165, 1.54) is 42.3 Å². The predicted octanol–water partition coefficient (Wildman–Crippen LogP) is 5.59. The maximum Gasteiger partial charge on any atom is 0.316 e. The number of rotatable bonds is 9. The number of nitrogens with zero attached hydrogens (tertiary/aromatic N) is 7. The summed E-state index contributed by atoms with van der Waals surface area (Å²) in [7, 11) is 0. The molecule has 0 saturated heterocycles. The van der Waals surface area contributed by atoms with Crippen LogP contribution in [-0.4, -0.2) is 46.5 Å². The lowest BCUT2D eigenvalue weighted by atomic mass is 10.1. The van der Waals surface area contributed by atoms with Crippen LogP contribution in [-0.2, 0) is 0 Å². The SMILES string of the molecule is O=[N+]([O-])c1ccc(/C(CSc2nnc3c(n2)[nH]c2ccccc23)=N\Nc2nc(-c3ccc([N+](=O)[O-])cc3)co2)cc1. The van der Waals surface area contributed by atoms with E-state index in [1.807, 2.05) is 24.3 Å². The van der Waals surface area contributed by atoms with Crippen LogP contribution in [0.1, 0.15) is 5.56 Å². The van der Waals surface area contributed by atoms with Crippen molar-refractivity contribution in [3.63, 3.8) is 0 Å². The minimum atomic E-state index is -0.481. The molecule has 3 aromatic carbocycles. The Balaban J connectivity index is 1.24. The van der Waals surface area contributed by atoms with E-state index < -0.39 is 9.85 Å². The molecular weight excluding hydrogens is 550 g/mol. The molecule has 0 aliphatic heterocycles. The van der Waals surface area contributed by atoms with Crippen molar-refractivity contribution < 1.29 is 14.3 Å². The van der Waals surface area contributed by atoms with Crippen molar-refractivity contribution in [1.29, 1.82) is 0 Å². The maximum atomic E-state index is 11.1. The third kappa shape index (κ3) is 5.41. The predicted molar refractivity (Wildman–Crippen MR) is 152 cm³/mol. The van der Waals surface area contributed by atoms with Crippen molar-refractivity contribution in [1.82, 2.24) is 25.1 Å². The topological polar surface area (TPSA) is 191 Å². The van der Waals surface area contributed by atoms with Gasteiger partial charge in [-0.2, -0.15) is 10.1 Å². The van der Waals surface area contributed by atoms with E-state index in [-0.39, 0.29) is 23.1 Å². The summed E-state index contributed by atoms with van der Waals surface area (Å²) in [4.78, 5) is 33.2. The van der Waals surface area contributed by atoms with Crippen LogP contribution in [0.2, 0.25) is 0 Å². The Labute approximate surface area is 233 Å². The number of nitro benzene ring substituents is 2. The average molecular weight is 568 g/mol. The first-order valence-corrected chi connectivity index (χ1v) is 12.9. The first kappa shape index (κ1) is 25.6. The number of nitro groups is 2. The molecule has 0 aliphatic rings. The molecule has 41 heavy (non-hydrogen) atoms. The van der Waals surface area contributed by atoms with Crippen LogP contribution in [0.4, 0.5) is 17.4 Å². The van der Waals surface area contributed by atoms with E-state index in [0.717, 1.165) is 10.9 Å². The Bertz CT molecular complexity index is 1940. The van der Waals surface area contributed by atoms with Crippen LogP contribution in [0.25, 0.3) is 33.3 Å². The number of hydrazone groups is 1. The highest BCUT2D eigenvalue weighted by molar-refractivity contribution is 7.99. The first-order valence-electron chi connectivity index (χ1n) is 12.0. The van der Waals surface area contributed by atoms with Gasteiger partial charge in [-0.1, -0.05) is 30.0 Å². The Morgan fingerprint density at radius 1 is 0.927 bits per heavy atom. The molecule has 0 bridgehead atoms. The molecule has 0 unspecified atom stereocenters. The fourth-order valence-corrected chi connectivity index (χ4v) is 4.73. The number of hydrogen-bond donors (Lipinski definition) is 2. The van der Waals surface area contributed by atoms with E-state index in [2.05, 4.69) is 35.7 Å². The summed E-state index contributed by atoms with van der Waals surface area (Å²) in [6, 6.07) is 19.7. The van der Waals surface area contributed by atoms with Crippen molar-refractivity contribution in [2.75, 3.05) is 11.2 Å². The lowest BCUT2D eigenvalue weighted by Gasteiger charge is -2.06. The van der Waals surface area contributed by atoms with Gasteiger partial charge in [-0.05, 0) is 35.9 Å².